The molecule has 0 bridgehead atoms. The number of phenols is 1. The van der Waals surface area contributed by atoms with Crippen molar-refractivity contribution >= 4 is 0 Å². The molecule has 0 saturated carbocycles. The van der Waals surface area contributed by atoms with Gasteiger partial charge in [0.05, 0.1) is 5.60 Å². The third kappa shape index (κ3) is 3.10. The summed E-state index contributed by atoms with van der Waals surface area (Å²) in [5.41, 5.74) is 0.973. The van der Waals surface area contributed by atoms with Crippen LogP contribution < -0.4 is 0 Å². The molecule has 2 rings (SSSR count). The molecule has 1 aliphatic rings. The number of aromatic hydroxyl groups is 1. The maximum absolute atomic E-state index is 10.1. The normalized spacial score (nSPS) is 26.3. The van der Waals surface area contributed by atoms with Crippen molar-refractivity contribution < 1.29 is 9.84 Å². The van der Waals surface area contributed by atoms with Crippen molar-refractivity contribution in [2.75, 3.05) is 20.2 Å². The van der Waals surface area contributed by atoms with Crippen LogP contribution in [-0.4, -0.2) is 35.8 Å². The predicted octanol–water partition coefficient (Wildman–Crippen LogP) is 3.34. The molecule has 1 saturated heterocycles. The zero-order valence-electron chi connectivity index (χ0n) is 12.2. The van der Waals surface area contributed by atoms with E-state index in [1.165, 1.54) is 0 Å². The SMILES string of the molecule is CCC(c1ccccc1O)N1CCCC(C)(OC)C1. The Morgan fingerprint density at radius 2 is 2.16 bits per heavy atom. The summed E-state index contributed by atoms with van der Waals surface area (Å²) >= 11 is 0. The van der Waals surface area contributed by atoms with Crippen LogP contribution in [0.15, 0.2) is 24.3 Å². The number of phenolic OH excluding ortho intramolecular Hbond substituents is 1. The highest BCUT2D eigenvalue weighted by Gasteiger charge is 2.34. The number of benzene rings is 1. The lowest BCUT2D eigenvalue weighted by Gasteiger charge is -2.43. The lowest BCUT2D eigenvalue weighted by molar-refractivity contribution is -0.0623. The number of methoxy groups -OCH3 is 1. The summed E-state index contributed by atoms with van der Waals surface area (Å²) in [5.74, 6) is 0.402. The Labute approximate surface area is 116 Å². The van der Waals surface area contributed by atoms with Crippen LogP contribution >= 0.6 is 0 Å². The first-order chi connectivity index (χ1) is 9.09. The Hall–Kier alpha value is -1.06. The predicted molar refractivity (Wildman–Crippen MR) is 77.4 cm³/mol. The third-order valence-electron chi connectivity index (χ3n) is 4.30. The van der Waals surface area contributed by atoms with Gasteiger partial charge in [-0.25, -0.2) is 0 Å². The molecule has 0 aromatic heterocycles. The minimum absolute atomic E-state index is 0.0595. The lowest BCUT2D eigenvalue weighted by atomic mass is 9.91. The minimum Gasteiger partial charge on any atom is -0.508 e. The smallest absolute Gasteiger partial charge is 0.120 e. The Kier molecular flexibility index (Phi) is 4.48. The number of hydrogen-bond acceptors (Lipinski definition) is 3. The maximum atomic E-state index is 10.1. The standard InChI is InChI=1S/C16H25NO2/c1-4-14(13-8-5-6-9-15(13)18)17-11-7-10-16(2,12-17)19-3/h5-6,8-9,14,18H,4,7,10-12H2,1-3H3. The van der Waals surface area contributed by atoms with Crippen molar-refractivity contribution in [1.29, 1.82) is 0 Å². The van der Waals surface area contributed by atoms with Gasteiger partial charge >= 0.3 is 0 Å². The summed E-state index contributed by atoms with van der Waals surface area (Å²) in [5, 5.41) is 10.1. The Morgan fingerprint density at radius 3 is 2.79 bits per heavy atom. The van der Waals surface area contributed by atoms with Crippen molar-refractivity contribution in [2.24, 2.45) is 0 Å². The molecule has 1 aliphatic heterocycles. The van der Waals surface area contributed by atoms with Gasteiger partial charge in [0.15, 0.2) is 0 Å². The van der Waals surface area contributed by atoms with E-state index in [0.717, 1.165) is 37.9 Å². The number of piperidine rings is 1. The quantitative estimate of drug-likeness (QED) is 0.904. The number of likely N-dealkylation sites (tertiary alicyclic amines) is 1. The number of ether oxygens (including phenoxy) is 1. The van der Waals surface area contributed by atoms with Gasteiger partial charge in [-0.2, -0.15) is 0 Å². The van der Waals surface area contributed by atoms with Gasteiger partial charge in [-0.05, 0) is 38.8 Å². The lowest BCUT2D eigenvalue weighted by Crippen LogP contribution is -2.48. The average molecular weight is 263 g/mol. The Bertz CT molecular complexity index is 421. The highest BCUT2D eigenvalue weighted by atomic mass is 16.5. The molecular weight excluding hydrogens is 238 g/mol. The molecule has 1 heterocycles. The molecule has 2 unspecified atom stereocenters. The van der Waals surface area contributed by atoms with Crippen LogP contribution in [0, 0.1) is 0 Å². The van der Waals surface area contributed by atoms with Crippen molar-refractivity contribution in [3.63, 3.8) is 0 Å². The summed E-state index contributed by atoms with van der Waals surface area (Å²) in [6.07, 6.45) is 3.25. The van der Waals surface area contributed by atoms with E-state index < -0.39 is 0 Å². The fraction of sp³-hybridized carbons (Fsp3) is 0.625. The first kappa shape index (κ1) is 14.4. The Morgan fingerprint density at radius 1 is 1.42 bits per heavy atom. The molecule has 0 amide bonds. The summed E-state index contributed by atoms with van der Waals surface area (Å²) < 4.78 is 5.67. The second kappa shape index (κ2) is 5.93. The van der Waals surface area contributed by atoms with Gasteiger partial charge in [0.25, 0.3) is 0 Å². The average Bonchev–Trinajstić information content (AvgIpc) is 2.42. The molecule has 2 atom stereocenters. The summed E-state index contributed by atoms with van der Waals surface area (Å²) in [6, 6.07) is 7.95. The van der Waals surface area contributed by atoms with Crippen LogP contribution in [0.25, 0.3) is 0 Å². The molecule has 3 heteroatoms. The molecule has 19 heavy (non-hydrogen) atoms. The van der Waals surface area contributed by atoms with Gasteiger partial charge in [-0.1, -0.05) is 25.1 Å². The first-order valence-electron chi connectivity index (χ1n) is 7.17. The van der Waals surface area contributed by atoms with Gasteiger partial charge in [0.1, 0.15) is 5.75 Å². The number of para-hydroxylation sites is 1. The second-order valence-corrected chi connectivity index (χ2v) is 5.71. The zero-order valence-corrected chi connectivity index (χ0v) is 12.2. The van der Waals surface area contributed by atoms with Crippen molar-refractivity contribution in [3.05, 3.63) is 29.8 Å². The van der Waals surface area contributed by atoms with E-state index in [9.17, 15) is 5.11 Å². The maximum Gasteiger partial charge on any atom is 0.120 e. The molecule has 3 nitrogen and oxygen atoms in total. The van der Waals surface area contributed by atoms with E-state index >= 15 is 0 Å². The second-order valence-electron chi connectivity index (χ2n) is 5.71. The van der Waals surface area contributed by atoms with E-state index in [-0.39, 0.29) is 11.6 Å². The molecule has 1 N–H and O–H groups in total. The number of rotatable bonds is 4. The molecule has 0 radical (unpaired) electrons. The van der Waals surface area contributed by atoms with Crippen LogP contribution in [-0.2, 0) is 4.74 Å². The van der Waals surface area contributed by atoms with Crippen molar-refractivity contribution in [1.82, 2.24) is 4.90 Å². The fourth-order valence-electron chi connectivity index (χ4n) is 3.12. The van der Waals surface area contributed by atoms with Crippen LogP contribution in [0.1, 0.15) is 44.7 Å². The molecule has 1 aromatic carbocycles. The highest BCUT2D eigenvalue weighted by molar-refractivity contribution is 5.34. The fourth-order valence-corrected chi connectivity index (χ4v) is 3.12. The molecule has 106 valence electrons. The molecule has 0 spiro atoms. The monoisotopic (exact) mass is 263 g/mol. The molecular formula is C16H25NO2. The number of hydrogen-bond donors (Lipinski definition) is 1. The van der Waals surface area contributed by atoms with Crippen molar-refractivity contribution in [2.45, 2.75) is 44.8 Å². The topological polar surface area (TPSA) is 32.7 Å². The van der Waals surface area contributed by atoms with E-state index in [0.29, 0.717) is 5.75 Å². The van der Waals surface area contributed by atoms with E-state index in [1.807, 2.05) is 18.2 Å². The van der Waals surface area contributed by atoms with Crippen LogP contribution in [0.5, 0.6) is 5.75 Å². The largest absolute Gasteiger partial charge is 0.508 e. The van der Waals surface area contributed by atoms with Gasteiger partial charge in [0, 0.05) is 25.3 Å². The van der Waals surface area contributed by atoms with E-state index in [1.54, 1.807) is 13.2 Å². The summed E-state index contributed by atoms with van der Waals surface area (Å²) in [7, 11) is 1.80. The summed E-state index contributed by atoms with van der Waals surface area (Å²) in [6.45, 7) is 6.36. The third-order valence-corrected chi connectivity index (χ3v) is 4.30. The first-order valence-corrected chi connectivity index (χ1v) is 7.17. The van der Waals surface area contributed by atoms with Crippen molar-refractivity contribution in [3.8, 4) is 5.75 Å². The molecule has 1 fully saturated rings. The molecule has 1 aromatic rings. The van der Waals surface area contributed by atoms with E-state index in [2.05, 4.69) is 18.7 Å². The van der Waals surface area contributed by atoms with Gasteiger partial charge < -0.3 is 9.84 Å². The van der Waals surface area contributed by atoms with Crippen LogP contribution in [0.2, 0.25) is 0 Å². The van der Waals surface area contributed by atoms with Gasteiger partial charge in [0.2, 0.25) is 0 Å². The van der Waals surface area contributed by atoms with Crippen LogP contribution in [0.3, 0.4) is 0 Å². The van der Waals surface area contributed by atoms with Gasteiger partial charge in [-0.15, -0.1) is 0 Å². The van der Waals surface area contributed by atoms with E-state index in [4.69, 9.17) is 4.74 Å². The van der Waals surface area contributed by atoms with Gasteiger partial charge in [-0.3, -0.25) is 4.90 Å². The van der Waals surface area contributed by atoms with Crippen LogP contribution in [0.4, 0.5) is 0 Å². The number of nitrogens with zero attached hydrogens (tertiary/aromatic N) is 1. The zero-order chi connectivity index (χ0) is 13.9. The Balaban J connectivity index is 2.20. The molecule has 0 aliphatic carbocycles. The highest BCUT2D eigenvalue weighted by Crippen LogP contribution is 2.35. The minimum atomic E-state index is -0.0595. The summed E-state index contributed by atoms with van der Waals surface area (Å²) in [4.78, 5) is 2.45.